The van der Waals surface area contributed by atoms with Crippen molar-refractivity contribution in [3.8, 4) is 34.3 Å². The molecule has 4 rings (SSSR count). The number of rotatable bonds is 7. The Hall–Kier alpha value is -4.13. The largest absolute Gasteiger partial charge is 0.497 e. The van der Waals surface area contributed by atoms with Crippen molar-refractivity contribution in [2.24, 2.45) is 0 Å². The van der Waals surface area contributed by atoms with Crippen LogP contribution < -0.4 is 14.8 Å². The van der Waals surface area contributed by atoms with E-state index in [0.717, 1.165) is 11.1 Å². The highest BCUT2D eigenvalue weighted by molar-refractivity contribution is 5.92. The van der Waals surface area contributed by atoms with Crippen molar-refractivity contribution < 1.29 is 18.8 Å². The minimum Gasteiger partial charge on any atom is -0.497 e. The van der Waals surface area contributed by atoms with Crippen molar-refractivity contribution in [2.45, 2.75) is 6.92 Å². The summed E-state index contributed by atoms with van der Waals surface area (Å²) < 4.78 is 16.3. The third-order valence-electron chi connectivity index (χ3n) is 4.59. The van der Waals surface area contributed by atoms with Gasteiger partial charge in [0.05, 0.1) is 12.7 Å². The first-order chi connectivity index (χ1) is 15.1. The van der Waals surface area contributed by atoms with Crippen LogP contribution in [0.2, 0.25) is 0 Å². The molecule has 1 N–H and O–H groups in total. The van der Waals surface area contributed by atoms with Crippen molar-refractivity contribution in [1.82, 2.24) is 10.1 Å². The Morgan fingerprint density at radius 3 is 2.48 bits per heavy atom. The summed E-state index contributed by atoms with van der Waals surface area (Å²) in [6.07, 6.45) is 0. The summed E-state index contributed by atoms with van der Waals surface area (Å²) in [5.41, 5.74) is 3.28. The van der Waals surface area contributed by atoms with Gasteiger partial charge in [-0.05, 0) is 43.3 Å². The molecule has 0 aliphatic rings. The third kappa shape index (κ3) is 4.90. The van der Waals surface area contributed by atoms with Crippen LogP contribution in [0.15, 0.2) is 77.3 Å². The van der Waals surface area contributed by atoms with Gasteiger partial charge in [0.1, 0.15) is 11.5 Å². The van der Waals surface area contributed by atoms with Gasteiger partial charge in [0.2, 0.25) is 5.82 Å². The number of ether oxygens (including phenoxy) is 2. The number of carbonyl (C=O) groups is 1. The molecule has 0 unspecified atom stereocenters. The maximum Gasteiger partial charge on any atom is 0.262 e. The van der Waals surface area contributed by atoms with Gasteiger partial charge in [-0.3, -0.25) is 4.79 Å². The molecule has 0 aliphatic heterocycles. The van der Waals surface area contributed by atoms with Gasteiger partial charge in [0, 0.05) is 11.3 Å². The number of benzene rings is 3. The summed E-state index contributed by atoms with van der Waals surface area (Å²) in [4.78, 5) is 16.8. The van der Waals surface area contributed by atoms with E-state index >= 15 is 0 Å². The van der Waals surface area contributed by atoms with E-state index < -0.39 is 0 Å². The number of hydrogen-bond acceptors (Lipinski definition) is 6. The molecule has 0 radical (unpaired) electrons. The van der Waals surface area contributed by atoms with Crippen LogP contribution in [0.25, 0.3) is 22.8 Å². The minimum absolute atomic E-state index is 0.165. The number of amides is 1. The summed E-state index contributed by atoms with van der Waals surface area (Å²) in [5, 5.41) is 6.85. The lowest BCUT2D eigenvalue weighted by atomic mass is 10.1. The van der Waals surface area contributed by atoms with Gasteiger partial charge in [-0.25, -0.2) is 0 Å². The van der Waals surface area contributed by atoms with E-state index in [9.17, 15) is 4.79 Å². The lowest BCUT2D eigenvalue weighted by molar-refractivity contribution is -0.118. The van der Waals surface area contributed by atoms with Crippen LogP contribution in [0.4, 0.5) is 5.69 Å². The fourth-order valence-electron chi connectivity index (χ4n) is 2.94. The molecule has 156 valence electrons. The quantitative estimate of drug-likeness (QED) is 0.469. The summed E-state index contributed by atoms with van der Waals surface area (Å²) in [6.45, 7) is 1.85. The standard InChI is InChI=1S/C24H21N3O4/c1-16-7-9-17(10-8-16)23-26-24(31-27-23)20-5-3-4-6-21(20)30-15-22(28)25-18-11-13-19(29-2)14-12-18/h3-14H,15H2,1-2H3,(H,25,28). The maximum atomic E-state index is 12.3. The zero-order valence-electron chi connectivity index (χ0n) is 17.2. The van der Waals surface area contributed by atoms with E-state index in [-0.39, 0.29) is 12.5 Å². The molecule has 3 aromatic carbocycles. The third-order valence-corrected chi connectivity index (χ3v) is 4.59. The molecule has 0 saturated heterocycles. The second kappa shape index (κ2) is 9.13. The SMILES string of the molecule is COc1ccc(NC(=O)COc2ccccc2-c2nc(-c3ccc(C)cc3)no2)cc1. The molecule has 0 spiro atoms. The Balaban J connectivity index is 1.45. The Kier molecular flexibility index (Phi) is 5.93. The lowest BCUT2D eigenvalue weighted by Gasteiger charge is -2.10. The van der Waals surface area contributed by atoms with E-state index in [4.69, 9.17) is 14.0 Å². The van der Waals surface area contributed by atoms with Gasteiger partial charge in [-0.1, -0.05) is 47.1 Å². The normalized spacial score (nSPS) is 10.5. The smallest absolute Gasteiger partial charge is 0.262 e. The van der Waals surface area contributed by atoms with Gasteiger partial charge < -0.3 is 19.3 Å². The van der Waals surface area contributed by atoms with Crippen molar-refractivity contribution in [3.05, 3.63) is 78.4 Å². The maximum absolute atomic E-state index is 12.3. The Morgan fingerprint density at radius 1 is 1.00 bits per heavy atom. The minimum atomic E-state index is -0.286. The highest BCUT2D eigenvalue weighted by atomic mass is 16.5. The van der Waals surface area contributed by atoms with E-state index in [1.165, 1.54) is 0 Å². The molecular formula is C24H21N3O4. The van der Waals surface area contributed by atoms with Gasteiger partial charge in [0.15, 0.2) is 6.61 Å². The second-order valence-corrected chi connectivity index (χ2v) is 6.85. The Bertz CT molecular complexity index is 1170. The number of methoxy groups -OCH3 is 1. The number of aromatic nitrogens is 2. The van der Waals surface area contributed by atoms with Crippen molar-refractivity contribution in [2.75, 3.05) is 19.0 Å². The fourth-order valence-corrected chi connectivity index (χ4v) is 2.94. The number of carbonyl (C=O) groups excluding carboxylic acids is 1. The molecule has 1 aromatic heterocycles. The van der Waals surface area contributed by atoms with E-state index in [2.05, 4.69) is 15.5 Å². The molecule has 0 bridgehead atoms. The molecule has 1 amide bonds. The van der Waals surface area contributed by atoms with Crippen molar-refractivity contribution in [3.63, 3.8) is 0 Å². The number of anilines is 1. The number of aryl methyl sites for hydroxylation is 1. The summed E-state index contributed by atoms with van der Waals surface area (Å²) in [7, 11) is 1.59. The monoisotopic (exact) mass is 415 g/mol. The first-order valence-corrected chi connectivity index (χ1v) is 9.69. The van der Waals surface area contributed by atoms with Crippen LogP contribution in [0, 0.1) is 6.92 Å². The fraction of sp³-hybridized carbons (Fsp3) is 0.125. The van der Waals surface area contributed by atoms with Crippen LogP contribution in [0.1, 0.15) is 5.56 Å². The zero-order chi connectivity index (χ0) is 21.6. The highest BCUT2D eigenvalue weighted by Gasteiger charge is 2.15. The van der Waals surface area contributed by atoms with Crippen LogP contribution in [-0.2, 0) is 4.79 Å². The molecule has 0 saturated carbocycles. The van der Waals surface area contributed by atoms with Crippen molar-refractivity contribution in [1.29, 1.82) is 0 Å². The number of para-hydroxylation sites is 1. The van der Waals surface area contributed by atoms with E-state index in [1.54, 1.807) is 37.4 Å². The zero-order valence-corrected chi connectivity index (χ0v) is 17.2. The molecule has 1 heterocycles. The first-order valence-electron chi connectivity index (χ1n) is 9.69. The van der Waals surface area contributed by atoms with Crippen LogP contribution in [-0.4, -0.2) is 29.8 Å². The molecule has 0 atom stereocenters. The summed E-state index contributed by atoms with van der Waals surface area (Å²) in [6, 6.07) is 22.1. The highest BCUT2D eigenvalue weighted by Crippen LogP contribution is 2.30. The van der Waals surface area contributed by atoms with Gasteiger partial charge in [-0.15, -0.1) is 0 Å². The number of nitrogens with zero attached hydrogens (tertiary/aromatic N) is 2. The molecule has 31 heavy (non-hydrogen) atoms. The average Bonchev–Trinajstić information content (AvgIpc) is 3.29. The molecule has 0 aliphatic carbocycles. The lowest BCUT2D eigenvalue weighted by Crippen LogP contribution is -2.20. The Morgan fingerprint density at radius 2 is 1.74 bits per heavy atom. The van der Waals surface area contributed by atoms with Crippen LogP contribution in [0.3, 0.4) is 0 Å². The summed E-state index contributed by atoms with van der Waals surface area (Å²) in [5.74, 6) is 1.72. The molecule has 0 fully saturated rings. The van der Waals surface area contributed by atoms with Gasteiger partial charge in [0.25, 0.3) is 11.8 Å². The number of hydrogen-bond donors (Lipinski definition) is 1. The first kappa shape index (κ1) is 20.2. The van der Waals surface area contributed by atoms with Crippen LogP contribution in [0.5, 0.6) is 11.5 Å². The van der Waals surface area contributed by atoms with Gasteiger partial charge in [-0.2, -0.15) is 4.98 Å². The molecule has 7 nitrogen and oxygen atoms in total. The second-order valence-electron chi connectivity index (χ2n) is 6.85. The summed E-state index contributed by atoms with van der Waals surface area (Å²) >= 11 is 0. The molecule has 7 heteroatoms. The predicted octanol–water partition coefficient (Wildman–Crippen LogP) is 4.74. The number of nitrogens with one attached hydrogen (secondary N) is 1. The van der Waals surface area contributed by atoms with E-state index in [1.807, 2.05) is 49.4 Å². The molecular weight excluding hydrogens is 394 g/mol. The predicted molar refractivity (Wildman–Crippen MR) is 117 cm³/mol. The van der Waals surface area contributed by atoms with Crippen molar-refractivity contribution >= 4 is 11.6 Å². The van der Waals surface area contributed by atoms with Crippen LogP contribution >= 0.6 is 0 Å². The van der Waals surface area contributed by atoms with Gasteiger partial charge >= 0.3 is 0 Å². The Labute approximate surface area is 179 Å². The molecule has 4 aromatic rings. The average molecular weight is 415 g/mol. The topological polar surface area (TPSA) is 86.5 Å². The van der Waals surface area contributed by atoms with E-state index in [0.29, 0.717) is 34.5 Å².